The number of furan rings is 1. The quantitative estimate of drug-likeness (QED) is 0.796. The van der Waals surface area contributed by atoms with E-state index in [1.165, 1.54) is 12.8 Å². The Balaban J connectivity index is 1.87. The minimum atomic E-state index is -0.520. The molecule has 0 aromatic carbocycles. The van der Waals surface area contributed by atoms with Crippen molar-refractivity contribution in [1.82, 2.24) is 5.32 Å². The van der Waals surface area contributed by atoms with Crippen LogP contribution < -0.4 is 11.1 Å². The van der Waals surface area contributed by atoms with Crippen molar-refractivity contribution >= 4 is 5.91 Å². The van der Waals surface area contributed by atoms with Crippen LogP contribution in [0.25, 0.3) is 0 Å². The first kappa shape index (κ1) is 11.2. The third kappa shape index (κ3) is 2.27. The summed E-state index contributed by atoms with van der Waals surface area (Å²) in [7, 11) is 0. The average Bonchev–Trinajstić information content (AvgIpc) is 2.82. The number of carbonyl (C=O) groups excluding carboxylic acids is 1. The highest BCUT2D eigenvalue weighted by Crippen LogP contribution is 2.47. The molecule has 3 N–H and O–H groups in total. The van der Waals surface area contributed by atoms with Gasteiger partial charge in [0.2, 0.25) is 0 Å². The van der Waals surface area contributed by atoms with E-state index < -0.39 is 5.91 Å². The Labute approximate surface area is 95.2 Å². The maximum atomic E-state index is 10.8. The first-order chi connectivity index (χ1) is 7.51. The molecule has 0 saturated heterocycles. The lowest BCUT2D eigenvalue weighted by molar-refractivity contribution is 0.0972. The predicted octanol–water partition coefficient (Wildman–Crippen LogP) is 1.66. The molecule has 1 atom stereocenters. The van der Waals surface area contributed by atoms with E-state index in [-0.39, 0.29) is 5.76 Å². The Morgan fingerprint density at radius 1 is 1.62 bits per heavy atom. The average molecular weight is 222 g/mol. The van der Waals surface area contributed by atoms with Gasteiger partial charge in [-0.05, 0) is 37.3 Å². The zero-order chi connectivity index (χ0) is 11.8. The fourth-order valence-electron chi connectivity index (χ4n) is 1.74. The second-order valence-electron chi connectivity index (χ2n) is 4.89. The van der Waals surface area contributed by atoms with Crippen LogP contribution in [0.3, 0.4) is 0 Å². The van der Waals surface area contributed by atoms with Crippen molar-refractivity contribution in [1.29, 1.82) is 0 Å². The van der Waals surface area contributed by atoms with Crippen molar-refractivity contribution < 1.29 is 9.21 Å². The Morgan fingerprint density at radius 2 is 2.31 bits per heavy atom. The van der Waals surface area contributed by atoms with Gasteiger partial charge in [-0.1, -0.05) is 6.92 Å². The lowest BCUT2D eigenvalue weighted by Crippen LogP contribution is -2.32. The molecule has 2 rings (SSSR count). The Kier molecular flexibility index (Phi) is 2.76. The summed E-state index contributed by atoms with van der Waals surface area (Å²) in [5.74, 6) is 0.459. The van der Waals surface area contributed by atoms with Crippen LogP contribution in [0, 0.1) is 5.41 Å². The molecule has 1 heterocycles. The molecule has 1 saturated carbocycles. The minimum absolute atomic E-state index is 0.224. The molecular formula is C12H18N2O2. The van der Waals surface area contributed by atoms with Crippen LogP contribution in [0.15, 0.2) is 16.5 Å². The van der Waals surface area contributed by atoms with Gasteiger partial charge in [0.05, 0.1) is 6.54 Å². The van der Waals surface area contributed by atoms with E-state index in [4.69, 9.17) is 10.2 Å². The van der Waals surface area contributed by atoms with Crippen LogP contribution >= 0.6 is 0 Å². The van der Waals surface area contributed by atoms with Crippen LogP contribution in [-0.2, 0) is 6.54 Å². The number of hydrogen-bond acceptors (Lipinski definition) is 3. The van der Waals surface area contributed by atoms with Crippen molar-refractivity contribution in [3.05, 3.63) is 23.7 Å². The number of nitrogens with one attached hydrogen (secondary N) is 1. The first-order valence-electron chi connectivity index (χ1n) is 5.63. The molecule has 4 heteroatoms. The van der Waals surface area contributed by atoms with E-state index in [1.54, 1.807) is 12.1 Å². The van der Waals surface area contributed by atoms with Crippen LogP contribution in [0.5, 0.6) is 0 Å². The molecule has 1 amide bonds. The summed E-state index contributed by atoms with van der Waals surface area (Å²) < 4.78 is 5.29. The van der Waals surface area contributed by atoms with Gasteiger partial charge in [0.25, 0.3) is 5.91 Å². The van der Waals surface area contributed by atoms with Crippen LogP contribution in [0.4, 0.5) is 0 Å². The number of carbonyl (C=O) groups is 1. The Morgan fingerprint density at radius 3 is 2.81 bits per heavy atom. The molecule has 0 bridgehead atoms. The highest BCUT2D eigenvalue weighted by Gasteiger charge is 2.42. The fourth-order valence-corrected chi connectivity index (χ4v) is 1.74. The van der Waals surface area contributed by atoms with Gasteiger partial charge < -0.3 is 15.5 Å². The maximum absolute atomic E-state index is 10.8. The largest absolute Gasteiger partial charge is 0.455 e. The molecule has 88 valence electrons. The molecule has 0 radical (unpaired) electrons. The summed E-state index contributed by atoms with van der Waals surface area (Å²) in [6.45, 7) is 5.11. The molecule has 4 nitrogen and oxygen atoms in total. The number of amides is 1. The summed E-state index contributed by atoms with van der Waals surface area (Å²) in [5.41, 5.74) is 5.55. The second-order valence-corrected chi connectivity index (χ2v) is 4.89. The SMILES string of the molecule is CC(NCc1ccc(C(N)=O)o1)C1(C)CC1. The molecule has 1 unspecified atom stereocenters. The van der Waals surface area contributed by atoms with Crippen LogP contribution in [0.2, 0.25) is 0 Å². The number of nitrogens with two attached hydrogens (primary N) is 1. The lowest BCUT2D eigenvalue weighted by Gasteiger charge is -2.19. The smallest absolute Gasteiger partial charge is 0.284 e. The van der Waals surface area contributed by atoms with Gasteiger partial charge in [0.15, 0.2) is 5.76 Å². The third-order valence-electron chi connectivity index (χ3n) is 3.57. The van der Waals surface area contributed by atoms with Crippen molar-refractivity contribution in [2.24, 2.45) is 11.1 Å². The Bertz CT molecular complexity index is 393. The molecule has 1 aliphatic carbocycles. The van der Waals surface area contributed by atoms with Gasteiger partial charge in [-0.3, -0.25) is 4.79 Å². The van der Waals surface area contributed by atoms with Gasteiger partial charge in [-0.2, -0.15) is 0 Å². The van der Waals surface area contributed by atoms with E-state index in [1.807, 2.05) is 0 Å². The first-order valence-corrected chi connectivity index (χ1v) is 5.63. The summed E-state index contributed by atoms with van der Waals surface area (Å²) >= 11 is 0. The number of primary amides is 1. The summed E-state index contributed by atoms with van der Waals surface area (Å²) in [6, 6.07) is 3.87. The van der Waals surface area contributed by atoms with E-state index in [2.05, 4.69) is 19.2 Å². The minimum Gasteiger partial charge on any atom is -0.455 e. The highest BCUT2D eigenvalue weighted by molar-refractivity contribution is 5.89. The maximum Gasteiger partial charge on any atom is 0.284 e. The van der Waals surface area contributed by atoms with E-state index in [9.17, 15) is 4.79 Å². The zero-order valence-corrected chi connectivity index (χ0v) is 9.75. The molecular weight excluding hydrogens is 204 g/mol. The van der Waals surface area contributed by atoms with Gasteiger partial charge in [-0.25, -0.2) is 0 Å². The topological polar surface area (TPSA) is 68.3 Å². The number of hydrogen-bond donors (Lipinski definition) is 2. The normalized spacial score (nSPS) is 19.4. The molecule has 1 aliphatic rings. The summed E-state index contributed by atoms with van der Waals surface area (Å²) in [5, 5.41) is 3.41. The molecule has 16 heavy (non-hydrogen) atoms. The third-order valence-corrected chi connectivity index (χ3v) is 3.57. The summed E-state index contributed by atoms with van der Waals surface area (Å²) in [4.78, 5) is 10.8. The van der Waals surface area contributed by atoms with E-state index in [0.717, 1.165) is 5.76 Å². The van der Waals surface area contributed by atoms with Gasteiger partial charge in [0, 0.05) is 6.04 Å². The molecule has 0 aliphatic heterocycles. The fraction of sp³-hybridized carbons (Fsp3) is 0.583. The highest BCUT2D eigenvalue weighted by atomic mass is 16.3. The molecule has 0 spiro atoms. The molecule has 1 fully saturated rings. The lowest BCUT2D eigenvalue weighted by atomic mass is 10.0. The zero-order valence-electron chi connectivity index (χ0n) is 9.75. The number of rotatable bonds is 5. The molecule has 1 aromatic rings. The van der Waals surface area contributed by atoms with Gasteiger partial charge in [0.1, 0.15) is 5.76 Å². The van der Waals surface area contributed by atoms with Gasteiger partial charge in [-0.15, -0.1) is 0 Å². The summed E-state index contributed by atoms with van der Waals surface area (Å²) in [6.07, 6.45) is 2.57. The standard InChI is InChI=1S/C12H18N2O2/c1-8(12(2)5-6-12)14-7-9-3-4-10(16-9)11(13)15/h3-4,8,14H,5-7H2,1-2H3,(H2,13,15). The molecule has 1 aromatic heterocycles. The van der Waals surface area contributed by atoms with Crippen molar-refractivity contribution in [2.45, 2.75) is 39.3 Å². The van der Waals surface area contributed by atoms with Crippen LogP contribution in [-0.4, -0.2) is 11.9 Å². The van der Waals surface area contributed by atoms with Crippen molar-refractivity contribution in [3.63, 3.8) is 0 Å². The Hall–Kier alpha value is -1.29. The van der Waals surface area contributed by atoms with Crippen molar-refractivity contribution in [2.75, 3.05) is 0 Å². The van der Waals surface area contributed by atoms with Crippen molar-refractivity contribution in [3.8, 4) is 0 Å². The predicted molar refractivity (Wildman–Crippen MR) is 60.9 cm³/mol. The van der Waals surface area contributed by atoms with Gasteiger partial charge >= 0.3 is 0 Å². The monoisotopic (exact) mass is 222 g/mol. The van der Waals surface area contributed by atoms with E-state index >= 15 is 0 Å². The van der Waals surface area contributed by atoms with E-state index in [0.29, 0.717) is 18.0 Å². The second kappa shape index (κ2) is 3.94. The van der Waals surface area contributed by atoms with Crippen LogP contribution in [0.1, 0.15) is 43.0 Å².